The third-order valence-electron chi connectivity index (χ3n) is 2.16. The largest absolute Gasteiger partial charge is 0.262 e. The Kier molecular flexibility index (Phi) is 1.41. The Morgan fingerprint density at radius 1 is 0.714 bits per heavy atom. The molecule has 0 saturated carbocycles. The third-order valence-corrected chi connectivity index (χ3v) is 2.16. The zero-order chi connectivity index (χ0) is 9.38. The van der Waals surface area contributed by atoms with Crippen LogP contribution in [0.2, 0.25) is 0 Å². The van der Waals surface area contributed by atoms with Gasteiger partial charge in [-0.25, -0.2) is 0 Å². The van der Waals surface area contributed by atoms with Crippen LogP contribution in [0.1, 0.15) is 0 Å². The smallest absolute Gasteiger partial charge is 0.112 e. The Balaban J connectivity index is 2.61. The SMILES string of the molecule is c1cc2c(cn1)nnc1cnccc12. The van der Waals surface area contributed by atoms with E-state index in [-0.39, 0.29) is 0 Å². The molecule has 0 aliphatic carbocycles. The maximum Gasteiger partial charge on any atom is 0.112 e. The van der Waals surface area contributed by atoms with Gasteiger partial charge in [0.05, 0.1) is 12.4 Å². The van der Waals surface area contributed by atoms with Gasteiger partial charge in [-0.1, -0.05) is 0 Å². The molecule has 0 atom stereocenters. The minimum Gasteiger partial charge on any atom is -0.262 e. The lowest BCUT2D eigenvalue weighted by Crippen LogP contribution is -1.88. The number of fused-ring (bicyclic) bond motifs is 3. The maximum absolute atomic E-state index is 4.06. The van der Waals surface area contributed by atoms with Crippen molar-refractivity contribution in [2.24, 2.45) is 0 Å². The van der Waals surface area contributed by atoms with Gasteiger partial charge in [-0.15, -0.1) is 10.2 Å². The van der Waals surface area contributed by atoms with E-state index in [0.717, 1.165) is 21.8 Å². The number of rotatable bonds is 0. The van der Waals surface area contributed by atoms with Crippen molar-refractivity contribution in [3.63, 3.8) is 0 Å². The van der Waals surface area contributed by atoms with Crippen LogP contribution in [0.3, 0.4) is 0 Å². The van der Waals surface area contributed by atoms with E-state index in [1.54, 1.807) is 24.8 Å². The second kappa shape index (κ2) is 2.70. The molecule has 0 amide bonds. The van der Waals surface area contributed by atoms with Crippen molar-refractivity contribution < 1.29 is 0 Å². The van der Waals surface area contributed by atoms with Crippen LogP contribution in [0.4, 0.5) is 0 Å². The first-order valence-electron chi connectivity index (χ1n) is 4.25. The van der Waals surface area contributed by atoms with Crippen molar-refractivity contribution >= 4 is 21.8 Å². The van der Waals surface area contributed by atoms with Crippen LogP contribution in [0.25, 0.3) is 21.8 Å². The summed E-state index contributed by atoms with van der Waals surface area (Å²) in [4.78, 5) is 8.00. The van der Waals surface area contributed by atoms with Gasteiger partial charge in [0.2, 0.25) is 0 Å². The standard InChI is InChI=1S/C10H6N4/c1-3-11-5-9-7(1)8-2-4-12-6-10(8)14-13-9/h1-6H. The normalized spacial score (nSPS) is 10.9. The second-order valence-corrected chi connectivity index (χ2v) is 2.99. The van der Waals surface area contributed by atoms with E-state index in [1.165, 1.54) is 0 Å². The lowest BCUT2D eigenvalue weighted by molar-refractivity contribution is 1.10. The quantitative estimate of drug-likeness (QED) is 0.495. The molecule has 0 radical (unpaired) electrons. The van der Waals surface area contributed by atoms with Crippen LogP contribution >= 0.6 is 0 Å². The minimum atomic E-state index is 0.811. The van der Waals surface area contributed by atoms with E-state index in [0.29, 0.717) is 0 Å². The molecule has 0 bridgehead atoms. The van der Waals surface area contributed by atoms with E-state index >= 15 is 0 Å². The molecule has 0 unspecified atom stereocenters. The molecule has 0 spiro atoms. The van der Waals surface area contributed by atoms with Gasteiger partial charge in [0.15, 0.2) is 0 Å². The summed E-state index contributed by atoms with van der Waals surface area (Å²) in [5, 5.41) is 10.2. The van der Waals surface area contributed by atoms with Gasteiger partial charge in [-0.2, -0.15) is 0 Å². The molecule has 3 aromatic rings. The number of hydrogen-bond acceptors (Lipinski definition) is 4. The van der Waals surface area contributed by atoms with E-state index < -0.39 is 0 Å². The summed E-state index contributed by atoms with van der Waals surface area (Å²) in [6, 6.07) is 3.87. The zero-order valence-electron chi connectivity index (χ0n) is 7.25. The van der Waals surface area contributed by atoms with E-state index in [9.17, 15) is 0 Å². The summed E-state index contributed by atoms with van der Waals surface area (Å²) in [6.07, 6.45) is 6.93. The van der Waals surface area contributed by atoms with E-state index in [2.05, 4.69) is 20.2 Å². The first kappa shape index (κ1) is 7.32. The van der Waals surface area contributed by atoms with Crippen molar-refractivity contribution in [3.05, 3.63) is 36.9 Å². The summed E-state index contributed by atoms with van der Waals surface area (Å²) >= 11 is 0. The summed E-state index contributed by atoms with van der Waals surface area (Å²) in [5.74, 6) is 0. The van der Waals surface area contributed by atoms with Gasteiger partial charge in [0.25, 0.3) is 0 Å². The number of hydrogen-bond donors (Lipinski definition) is 0. The van der Waals surface area contributed by atoms with Crippen molar-refractivity contribution in [3.8, 4) is 0 Å². The summed E-state index contributed by atoms with van der Waals surface area (Å²) in [7, 11) is 0. The number of pyridine rings is 2. The Morgan fingerprint density at radius 2 is 1.21 bits per heavy atom. The lowest BCUT2D eigenvalue weighted by Gasteiger charge is -1.99. The lowest BCUT2D eigenvalue weighted by atomic mass is 10.2. The highest BCUT2D eigenvalue weighted by Gasteiger charge is 2.01. The molecule has 3 heterocycles. The molecular weight excluding hydrogens is 176 g/mol. The van der Waals surface area contributed by atoms with Crippen LogP contribution in [0, 0.1) is 0 Å². The summed E-state index contributed by atoms with van der Waals surface area (Å²) < 4.78 is 0. The Hall–Kier alpha value is -2.10. The van der Waals surface area contributed by atoms with Crippen molar-refractivity contribution in [1.82, 2.24) is 20.2 Å². The second-order valence-electron chi connectivity index (χ2n) is 2.99. The fraction of sp³-hybridized carbons (Fsp3) is 0. The van der Waals surface area contributed by atoms with Gasteiger partial charge in [-0.05, 0) is 12.1 Å². The highest BCUT2D eigenvalue weighted by molar-refractivity contribution is 6.02. The van der Waals surface area contributed by atoms with Crippen LogP contribution < -0.4 is 0 Å². The average molecular weight is 182 g/mol. The molecule has 3 aromatic heterocycles. The Bertz CT molecular complexity index is 551. The van der Waals surface area contributed by atoms with Crippen LogP contribution in [0.15, 0.2) is 36.9 Å². The van der Waals surface area contributed by atoms with Gasteiger partial charge >= 0.3 is 0 Å². The summed E-state index contributed by atoms with van der Waals surface area (Å²) in [5.41, 5.74) is 1.62. The molecule has 3 rings (SSSR count). The first-order chi connectivity index (χ1) is 6.95. The molecule has 14 heavy (non-hydrogen) atoms. The Labute approximate surface area is 79.6 Å². The van der Waals surface area contributed by atoms with Gasteiger partial charge in [0.1, 0.15) is 11.0 Å². The number of aromatic nitrogens is 4. The number of nitrogens with zero attached hydrogens (tertiary/aromatic N) is 4. The fourth-order valence-electron chi connectivity index (χ4n) is 1.49. The van der Waals surface area contributed by atoms with Crippen molar-refractivity contribution in [2.45, 2.75) is 0 Å². The molecule has 0 N–H and O–H groups in total. The molecule has 0 aromatic carbocycles. The minimum absolute atomic E-state index is 0.811. The Morgan fingerprint density at radius 3 is 1.71 bits per heavy atom. The fourth-order valence-corrected chi connectivity index (χ4v) is 1.49. The zero-order valence-corrected chi connectivity index (χ0v) is 7.25. The highest BCUT2D eigenvalue weighted by atomic mass is 15.1. The van der Waals surface area contributed by atoms with Gasteiger partial charge < -0.3 is 0 Å². The van der Waals surface area contributed by atoms with Crippen LogP contribution in [-0.2, 0) is 0 Å². The summed E-state index contributed by atoms with van der Waals surface area (Å²) in [6.45, 7) is 0. The molecule has 4 heteroatoms. The molecule has 0 aliphatic rings. The van der Waals surface area contributed by atoms with Crippen molar-refractivity contribution in [1.29, 1.82) is 0 Å². The monoisotopic (exact) mass is 182 g/mol. The molecule has 0 fully saturated rings. The average Bonchev–Trinajstić information content (AvgIpc) is 2.29. The highest BCUT2D eigenvalue weighted by Crippen LogP contribution is 2.18. The molecule has 66 valence electrons. The predicted octanol–water partition coefficient (Wildman–Crippen LogP) is 1.57. The predicted molar refractivity (Wildman–Crippen MR) is 52.6 cm³/mol. The topological polar surface area (TPSA) is 51.6 Å². The first-order valence-corrected chi connectivity index (χ1v) is 4.25. The van der Waals surface area contributed by atoms with E-state index in [4.69, 9.17) is 0 Å². The van der Waals surface area contributed by atoms with E-state index in [1.807, 2.05) is 12.1 Å². The van der Waals surface area contributed by atoms with Crippen LogP contribution in [-0.4, -0.2) is 20.2 Å². The van der Waals surface area contributed by atoms with Gasteiger partial charge in [0, 0.05) is 23.2 Å². The molecule has 0 saturated heterocycles. The molecule has 4 nitrogen and oxygen atoms in total. The van der Waals surface area contributed by atoms with Crippen LogP contribution in [0.5, 0.6) is 0 Å². The third kappa shape index (κ3) is 0.939. The van der Waals surface area contributed by atoms with Gasteiger partial charge in [-0.3, -0.25) is 9.97 Å². The maximum atomic E-state index is 4.06. The molecular formula is C10H6N4. The van der Waals surface area contributed by atoms with Crippen molar-refractivity contribution in [2.75, 3.05) is 0 Å². The molecule has 0 aliphatic heterocycles.